The van der Waals surface area contributed by atoms with Crippen LogP contribution in [0.3, 0.4) is 0 Å². The summed E-state index contributed by atoms with van der Waals surface area (Å²) >= 11 is 0. The molecule has 3 N–H and O–H groups in total. The molecule has 0 aliphatic heterocycles. The zero-order valence-corrected chi connectivity index (χ0v) is 13.8. The molecule has 0 bridgehead atoms. The van der Waals surface area contributed by atoms with E-state index in [1.54, 1.807) is 24.5 Å². The van der Waals surface area contributed by atoms with E-state index in [0.29, 0.717) is 11.4 Å². The number of halogens is 1. The Hall–Kier alpha value is -3.94. The van der Waals surface area contributed by atoms with E-state index in [2.05, 4.69) is 20.3 Å². The Morgan fingerprint density at radius 2 is 1.96 bits per heavy atom. The molecular weight excluding hydrogens is 351 g/mol. The smallest absolute Gasteiger partial charge is 0.261 e. The molecule has 4 aromatic rings. The number of H-pyrrole nitrogens is 2. The predicted molar refractivity (Wildman–Crippen MR) is 97.6 cm³/mol. The average Bonchev–Trinajstić information content (AvgIpc) is 3.14. The lowest BCUT2D eigenvalue weighted by molar-refractivity contribution is 0.102. The topological polar surface area (TPSA) is 99.9 Å². The average molecular weight is 364 g/mol. The van der Waals surface area contributed by atoms with E-state index in [9.17, 15) is 14.0 Å². The van der Waals surface area contributed by atoms with Crippen LogP contribution in [0.5, 0.6) is 11.5 Å². The summed E-state index contributed by atoms with van der Waals surface area (Å²) in [6.07, 6.45) is 4.69. The van der Waals surface area contributed by atoms with Gasteiger partial charge in [-0.25, -0.2) is 9.37 Å². The number of ether oxygens (including phenoxy) is 1. The van der Waals surface area contributed by atoms with Crippen LogP contribution in [0, 0.1) is 5.82 Å². The summed E-state index contributed by atoms with van der Waals surface area (Å²) in [7, 11) is 0. The molecule has 0 atom stereocenters. The number of carbonyl (C=O) groups is 1. The van der Waals surface area contributed by atoms with Gasteiger partial charge in [0.05, 0.1) is 5.39 Å². The molecule has 0 saturated carbocycles. The van der Waals surface area contributed by atoms with Crippen LogP contribution in [0.4, 0.5) is 10.1 Å². The molecule has 4 rings (SSSR count). The van der Waals surface area contributed by atoms with Crippen molar-refractivity contribution in [2.24, 2.45) is 0 Å². The number of rotatable bonds is 4. The number of aromatic nitrogens is 3. The van der Waals surface area contributed by atoms with Gasteiger partial charge in [-0.3, -0.25) is 9.59 Å². The molecule has 0 aliphatic carbocycles. The first-order valence-electron chi connectivity index (χ1n) is 8.00. The number of anilines is 1. The summed E-state index contributed by atoms with van der Waals surface area (Å²) in [4.78, 5) is 33.3. The summed E-state index contributed by atoms with van der Waals surface area (Å²) < 4.78 is 20.1. The molecule has 7 nitrogen and oxygen atoms in total. The Labute approximate surface area is 151 Å². The maximum atomic E-state index is 14.4. The van der Waals surface area contributed by atoms with Crippen molar-refractivity contribution in [3.05, 3.63) is 82.8 Å². The van der Waals surface area contributed by atoms with Gasteiger partial charge in [-0.05, 0) is 36.4 Å². The monoisotopic (exact) mass is 364 g/mol. The molecule has 0 unspecified atom stereocenters. The summed E-state index contributed by atoms with van der Waals surface area (Å²) in [6.45, 7) is 0. The fourth-order valence-electron chi connectivity index (χ4n) is 2.60. The molecular formula is C19H13FN4O3. The van der Waals surface area contributed by atoms with E-state index in [-0.39, 0.29) is 17.0 Å². The number of nitrogens with zero attached hydrogens (tertiary/aromatic N) is 1. The molecule has 0 radical (unpaired) electrons. The lowest BCUT2D eigenvalue weighted by Crippen LogP contribution is -2.22. The van der Waals surface area contributed by atoms with E-state index >= 15 is 0 Å². The fraction of sp³-hybridized carbons (Fsp3) is 0. The van der Waals surface area contributed by atoms with E-state index in [0.717, 1.165) is 11.5 Å². The third kappa shape index (κ3) is 3.28. The highest BCUT2D eigenvalue weighted by molar-refractivity contribution is 6.04. The highest BCUT2D eigenvalue weighted by Crippen LogP contribution is 2.31. The van der Waals surface area contributed by atoms with Crippen molar-refractivity contribution in [2.45, 2.75) is 0 Å². The van der Waals surface area contributed by atoms with Gasteiger partial charge in [0.1, 0.15) is 17.0 Å². The second-order valence-corrected chi connectivity index (χ2v) is 5.66. The fourth-order valence-corrected chi connectivity index (χ4v) is 2.60. The van der Waals surface area contributed by atoms with Crippen LogP contribution < -0.4 is 15.6 Å². The highest BCUT2D eigenvalue weighted by atomic mass is 19.1. The standard InChI is InChI=1S/C19H13FN4O3/c20-14-10-11(24-19(26)13-2-1-7-23-18(13)25)3-4-16(14)27-15-6-9-22-17-12(15)5-8-21-17/h1-10H,(H,21,22)(H,23,25)(H,24,26). The van der Waals surface area contributed by atoms with Gasteiger partial charge in [-0.2, -0.15) is 0 Å². The van der Waals surface area contributed by atoms with E-state index < -0.39 is 17.3 Å². The first-order chi connectivity index (χ1) is 13.1. The summed E-state index contributed by atoms with van der Waals surface area (Å²) in [5.74, 6) is -0.838. The number of hydrogen-bond acceptors (Lipinski definition) is 4. The second-order valence-electron chi connectivity index (χ2n) is 5.66. The minimum atomic E-state index is -0.657. The van der Waals surface area contributed by atoms with Gasteiger partial charge in [-0.15, -0.1) is 0 Å². The Morgan fingerprint density at radius 1 is 1.07 bits per heavy atom. The largest absolute Gasteiger partial charge is 0.453 e. The maximum absolute atomic E-state index is 14.4. The van der Waals surface area contributed by atoms with Gasteiger partial charge in [0.2, 0.25) is 0 Å². The van der Waals surface area contributed by atoms with Crippen molar-refractivity contribution in [3.8, 4) is 11.5 Å². The molecule has 0 aliphatic rings. The minimum Gasteiger partial charge on any atom is -0.453 e. The summed E-state index contributed by atoms with van der Waals surface area (Å²) in [5.41, 5.74) is 0.244. The first kappa shape index (κ1) is 16.5. The number of fused-ring (bicyclic) bond motifs is 1. The third-order valence-electron chi connectivity index (χ3n) is 3.89. The van der Waals surface area contributed by atoms with Gasteiger partial charge in [-0.1, -0.05) is 0 Å². The van der Waals surface area contributed by atoms with Crippen LogP contribution in [-0.4, -0.2) is 20.9 Å². The van der Waals surface area contributed by atoms with Crippen molar-refractivity contribution in [1.29, 1.82) is 0 Å². The van der Waals surface area contributed by atoms with Crippen LogP contribution >= 0.6 is 0 Å². The van der Waals surface area contributed by atoms with Crippen molar-refractivity contribution in [1.82, 2.24) is 15.0 Å². The van der Waals surface area contributed by atoms with Crippen LogP contribution in [0.2, 0.25) is 0 Å². The molecule has 134 valence electrons. The van der Waals surface area contributed by atoms with Crippen molar-refractivity contribution in [2.75, 3.05) is 5.32 Å². The van der Waals surface area contributed by atoms with E-state index in [1.165, 1.54) is 30.5 Å². The van der Waals surface area contributed by atoms with Crippen molar-refractivity contribution in [3.63, 3.8) is 0 Å². The Bertz CT molecular complexity index is 1200. The van der Waals surface area contributed by atoms with Gasteiger partial charge in [0, 0.05) is 30.3 Å². The number of benzene rings is 1. The molecule has 1 aromatic carbocycles. The normalized spacial score (nSPS) is 10.7. The predicted octanol–water partition coefficient (Wildman–Crippen LogP) is 3.43. The van der Waals surface area contributed by atoms with Gasteiger partial charge in [0.15, 0.2) is 11.6 Å². The second kappa shape index (κ2) is 6.75. The number of carbonyl (C=O) groups excluding carboxylic acids is 1. The van der Waals surface area contributed by atoms with Crippen molar-refractivity contribution < 1.29 is 13.9 Å². The van der Waals surface area contributed by atoms with Crippen molar-refractivity contribution >= 4 is 22.6 Å². The van der Waals surface area contributed by atoms with Crippen LogP contribution in [0.1, 0.15) is 10.4 Å². The van der Waals surface area contributed by atoms with E-state index in [1.807, 2.05) is 0 Å². The lowest BCUT2D eigenvalue weighted by Gasteiger charge is -2.10. The number of amides is 1. The number of hydrogen-bond donors (Lipinski definition) is 3. The molecule has 3 aromatic heterocycles. The summed E-state index contributed by atoms with van der Waals surface area (Å²) in [5, 5.41) is 3.21. The Morgan fingerprint density at radius 3 is 2.78 bits per heavy atom. The maximum Gasteiger partial charge on any atom is 0.261 e. The Balaban J connectivity index is 1.56. The highest BCUT2D eigenvalue weighted by Gasteiger charge is 2.13. The first-order valence-corrected chi connectivity index (χ1v) is 8.00. The number of aromatic amines is 2. The lowest BCUT2D eigenvalue weighted by atomic mass is 10.2. The molecule has 1 amide bonds. The Kier molecular flexibility index (Phi) is 4.13. The summed E-state index contributed by atoms with van der Waals surface area (Å²) in [6, 6.07) is 10.3. The number of nitrogens with one attached hydrogen (secondary N) is 3. The van der Waals surface area contributed by atoms with Gasteiger partial charge in [0.25, 0.3) is 11.5 Å². The van der Waals surface area contributed by atoms with Crippen LogP contribution in [-0.2, 0) is 0 Å². The molecule has 0 saturated heterocycles. The number of pyridine rings is 2. The van der Waals surface area contributed by atoms with Gasteiger partial charge < -0.3 is 20.0 Å². The quantitative estimate of drug-likeness (QED) is 0.516. The minimum absolute atomic E-state index is 0.000688. The van der Waals surface area contributed by atoms with Gasteiger partial charge >= 0.3 is 0 Å². The molecule has 3 heterocycles. The van der Waals surface area contributed by atoms with Crippen LogP contribution in [0.15, 0.2) is 65.8 Å². The SMILES string of the molecule is O=C(Nc1ccc(Oc2ccnc3[nH]ccc23)c(F)c1)c1ccc[nH]c1=O. The van der Waals surface area contributed by atoms with E-state index in [4.69, 9.17) is 4.74 Å². The third-order valence-corrected chi connectivity index (χ3v) is 3.89. The van der Waals surface area contributed by atoms with Crippen LogP contribution in [0.25, 0.3) is 11.0 Å². The molecule has 0 spiro atoms. The molecule has 0 fully saturated rings. The zero-order chi connectivity index (χ0) is 18.8. The molecule has 27 heavy (non-hydrogen) atoms. The zero-order valence-electron chi connectivity index (χ0n) is 13.8. The molecule has 8 heteroatoms.